The second-order valence-corrected chi connectivity index (χ2v) is 10.6. The molecule has 2 atom stereocenters. The number of hydrogen-bond donors (Lipinski definition) is 2. The van der Waals surface area contributed by atoms with Crippen LogP contribution in [0.25, 0.3) is 10.9 Å². The van der Waals surface area contributed by atoms with Crippen molar-refractivity contribution in [1.29, 1.82) is 0 Å². The largest absolute Gasteiger partial charge is 0.508 e. The van der Waals surface area contributed by atoms with E-state index in [1.54, 1.807) is 23.1 Å². The van der Waals surface area contributed by atoms with E-state index in [1.165, 1.54) is 4.90 Å². The minimum atomic E-state index is -1.02. The average molecular weight is 537 g/mol. The molecule has 2 aromatic carbocycles. The minimum absolute atomic E-state index is 0.121. The van der Waals surface area contributed by atoms with Crippen LogP contribution in [-0.4, -0.2) is 68.9 Å². The Kier molecular flexibility index (Phi) is 5.97. The maximum Gasteiger partial charge on any atom is 0.328 e. The van der Waals surface area contributed by atoms with Gasteiger partial charge in [0.15, 0.2) is 0 Å². The normalized spacial score (nSPS) is 21.7. The molecule has 3 aromatic rings. The van der Waals surface area contributed by atoms with Crippen molar-refractivity contribution in [3.05, 3.63) is 76.4 Å². The predicted molar refractivity (Wildman–Crippen MR) is 139 cm³/mol. The Morgan fingerprint density at radius 1 is 1.29 bits per heavy atom. The lowest BCUT2D eigenvalue weighted by Gasteiger charge is -2.42. The molecule has 3 amide bonds. The van der Waals surface area contributed by atoms with Gasteiger partial charge in [-0.25, -0.2) is 4.79 Å². The highest BCUT2D eigenvalue weighted by Crippen LogP contribution is 2.49. The molecule has 0 bridgehead atoms. The first-order chi connectivity index (χ1) is 16.7. The third-order valence-corrected chi connectivity index (χ3v) is 7.67. The van der Waals surface area contributed by atoms with Crippen LogP contribution in [0, 0.1) is 0 Å². The molecule has 0 saturated carbocycles. The van der Waals surface area contributed by atoms with Crippen molar-refractivity contribution in [2.24, 2.45) is 0 Å². The summed E-state index contributed by atoms with van der Waals surface area (Å²) in [4.78, 5) is 36.4. The van der Waals surface area contributed by atoms with Gasteiger partial charge in [0, 0.05) is 40.6 Å². The highest BCUT2D eigenvalue weighted by molar-refractivity contribution is 9.10. The van der Waals surface area contributed by atoms with Gasteiger partial charge in [0.25, 0.3) is 5.91 Å². The molecule has 0 aliphatic carbocycles. The van der Waals surface area contributed by atoms with E-state index in [0.29, 0.717) is 19.4 Å². The summed E-state index contributed by atoms with van der Waals surface area (Å²) in [7, 11) is 1.99. The van der Waals surface area contributed by atoms with E-state index in [9.17, 15) is 14.7 Å². The third-order valence-electron chi connectivity index (χ3n) is 7.18. The summed E-state index contributed by atoms with van der Waals surface area (Å²) in [6.07, 6.45) is 2.94. The Hall–Kier alpha value is -3.10. The minimum Gasteiger partial charge on any atom is -0.508 e. The lowest BCUT2D eigenvalue weighted by molar-refractivity contribution is -0.133. The van der Waals surface area contributed by atoms with Crippen LogP contribution in [0.1, 0.15) is 36.2 Å². The highest BCUT2D eigenvalue weighted by atomic mass is 79.9. The smallest absolute Gasteiger partial charge is 0.328 e. The standard InChI is InChI=1S/C27H29BrN4O3/c1-4-11-30(3)12-6-13-31-25(34)27(2)16-21-20-15-18(28)9-10-22(20)29-23(21)24(32(27)26(31)35)17-7-5-8-19(33)14-17/h4-5,7-10,14-15,24,29,33H,1,6,11-13,16H2,2-3H3. The van der Waals surface area contributed by atoms with E-state index >= 15 is 0 Å². The first-order valence-electron chi connectivity index (χ1n) is 11.8. The number of imide groups is 1. The van der Waals surface area contributed by atoms with Crippen molar-refractivity contribution in [3.8, 4) is 5.75 Å². The zero-order valence-electron chi connectivity index (χ0n) is 19.9. The molecular formula is C27H29BrN4O3. The average Bonchev–Trinajstić information content (AvgIpc) is 3.25. The van der Waals surface area contributed by atoms with Gasteiger partial charge in [-0.05, 0) is 68.4 Å². The predicted octanol–water partition coefficient (Wildman–Crippen LogP) is 4.81. The summed E-state index contributed by atoms with van der Waals surface area (Å²) in [5.41, 5.74) is 2.61. The van der Waals surface area contributed by atoms with Gasteiger partial charge in [0.2, 0.25) is 0 Å². The molecule has 7 nitrogen and oxygen atoms in total. The van der Waals surface area contributed by atoms with E-state index < -0.39 is 11.6 Å². The Bertz CT molecular complexity index is 1340. The lowest BCUT2D eigenvalue weighted by Crippen LogP contribution is -2.53. The van der Waals surface area contributed by atoms with Gasteiger partial charge < -0.3 is 15.0 Å². The van der Waals surface area contributed by atoms with Gasteiger partial charge >= 0.3 is 6.03 Å². The summed E-state index contributed by atoms with van der Waals surface area (Å²) < 4.78 is 0.951. The fourth-order valence-corrected chi connectivity index (χ4v) is 5.90. The molecule has 1 aromatic heterocycles. The summed E-state index contributed by atoms with van der Waals surface area (Å²) in [6.45, 7) is 7.50. The van der Waals surface area contributed by atoms with Crippen LogP contribution in [0.5, 0.6) is 5.75 Å². The van der Waals surface area contributed by atoms with Crippen molar-refractivity contribution in [2.75, 3.05) is 26.7 Å². The molecule has 3 heterocycles. The van der Waals surface area contributed by atoms with Crippen molar-refractivity contribution >= 4 is 38.8 Å². The van der Waals surface area contributed by atoms with Crippen LogP contribution >= 0.6 is 15.9 Å². The van der Waals surface area contributed by atoms with Crippen LogP contribution in [0.4, 0.5) is 4.79 Å². The van der Waals surface area contributed by atoms with E-state index in [2.05, 4.69) is 38.5 Å². The van der Waals surface area contributed by atoms with Crippen molar-refractivity contribution in [1.82, 2.24) is 19.7 Å². The number of halogens is 1. The molecule has 0 spiro atoms. The van der Waals surface area contributed by atoms with Crippen LogP contribution in [-0.2, 0) is 11.2 Å². The number of phenolic OH excluding ortho intramolecular Hbond substituents is 1. The number of aromatic hydroxyl groups is 1. The van der Waals surface area contributed by atoms with Crippen molar-refractivity contribution in [3.63, 3.8) is 0 Å². The van der Waals surface area contributed by atoms with Crippen LogP contribution in [0.2, 0.25) is 0 Å². The van der Waals surface area contributed by atoms with Crippen molar-refractivity contribution < 1.29 is 14.7 Å². The molecule has 0 radical (unpaired) electrons. The first kappa shape index (κ1) is 23.6. The lowest BCUT2D eigenvalue weighted by atomic mass is 9.81. The number of benzene rings is 2. The van der Waals surface area contributed by atoms with Crippen molar-refractivity contribution in [2.45, 2.75) is 31.3 Å². The van der Waals surface area contributed by atoms with Crippen LogP contribution in [0.15, 0.2) is 59.6 Å². The number of likely N-dealkylation sites (N-methyl/N-ethyl adjacent to an activating group) is 1. The number of rotatable bonds is 7. The number of carbonyl (C=O) groups excluding carboxylic acids is 2. The number of hydrogen-bond acceptors (Lipinski definition) is 4. The third kappa shape index (κ3) is 3.85. The quantitative estimate of drug-likeness (QED) is 0.335. The molecule has 2 N–H and O–H groups in total. The number of urea groups is 1. The Morgan fingerprint density at radius 2 is 2.09 bits per heavy atom. The second-order valence-electron chi connectivity index (χ2n) is 9.67. The molecule has 1 saturated heterocycles. The van der Waals surface area contributed by atoms with Gasteiger partial charge in [-0.1, -0.05) is 34.1 Å². The molecule has 5 rings (SSSR count). The second kappa shape index (κ2) is 8.84. The number of fused-ring (bicyclic) bond motifs is 4. The molecular weight excluding hydrogens is 508 g/mol. The molecule has 182 valence electrons. The molecule has 8 heteroatoms. The maximum absolute atomic E-state index is 13.8. The van der Waals surface area contributed by atoms with Gasteiger partial charge in [-0.2, -0.15) is 0 Å². The first-order valence-corrected chi connectivity index (χ1v) is 12.6. The topological polar surface area (TPSA) is 79.9 Å². The maximum atomic E-state index is 13.8. The molecule has 1 fully saturated rings. The van der Waals surface area contributed by atoms with Crippen LogP contribution in [0.3, 0.4) is 0 Å². The molecule has 35 heavy (non-hydrogen) atoms. The number of H-pyrrole nitrogens is 1. The molecule has 2 aliphatic rings. The van der Waals surface area contributed by atoms with E-state index in [1.807, 2.05) is 38.2 Å². The number of aromatic amines is 1. The van der Waals surface area contributed by atoms with E-state index in [-0.39, 0.29) is 17.7 Å². The zero-order valence-corrected chi connectivity index (χ0v) is 21.5. The Morgan fingerprint density at radius 3 is 2.83 bits per heavy atom. The number of carbonyl (C=O) groups is 2. The molecule has 2 aliphatic heterocycles. The number of nitrogens with one attached hydrogen (secondary N) is 1. The summed E-state index contributed by atoms with van der Waals surface area (Å²) in [5, 5.41) is 11.3. The summed E-state index contributed by atoms with van der Waals surface area (Å²) in [5.74, 6) is -0.0516. The fourth-order valence-electron chi connectivity index (χ4n) is 5.53. The summed E-state index contributed by atoms with van der Waals surface area (Å²) in [6, 6.07) is 12.2. The number of amides is 3. The van der Waals surface area contributed by atoms with E-state index in [4.69, 9.17) is 0 Å². The highest BCUT2D eigenvalue weighted by Gasteiger charge is 2.60. The fraction of sp³-hybridized carbons (Fsp3) is 0.333. The Labute approximate surface area is 213 Å². The van der Waals surface area contributed by atoms with Gasteiger partial charge in [-0.3, -0.25) is 14.6 Å². The zero-order chi connectivity index (χ0) is 24.9. The SMILES string of the molecule is C=CCN(C)CCCN1C(=O)N2C(c3cccc(O)c3)c3[nH]c4ccc(Br)cc4c3CC2(C)C1=O. The summed E-state index contributed by atoms with van der Waals surface area (Å²) >= 11 is 3.57. The van der Waals surface area contributed by atoms with Gasteiger partial charge in [0.05, 0.1) is 0 Å². The number of nitrogens with zero attached hydrogens (tertiary/aromatic N) is 3. The van der Waals surface area contributed by atoms with E-state index in [0.717, 1.165) is 45.3 Å². The van der Waals surface area contributed by atoms with Crippen LogP contribution < -0.4 is 0 Å². The number of aromatic nitrogens is 1. The molecule has 2 unspecified atom stereocenters. The monoisotopic (exact) mass is 536 g/mol. The number of phenols is 1. The van der Waals surface area contributed by atoms with Gasteiger partial charge in [-0.15, -0.1) is 6.58 Å². The Balaban J connectivity index is 1.59. The van der Waals surface area contributed by atoms with Gasteiger partial charge in [0.1, 0.15) is 17.3 Å².